The Balaban J connectivity index is 1.43. The van der Waals surface area contributed by atoms with Gasteiger partial charge in [-0.25, -0.2) is 4.98 Å². The van der Waals surface area contributed by atoms with Crippen molar-refractivity contribution in [3.05, 3.63) is 58.4 Å². The fraction of sp³-hybridized carbons (Fsp3) is 0.409. The summed E-state index contributed by atoms with van der Waals surface area (Å²) in [5, 5.41) is 5.19. The molecular weight excluding hydrogens is 407 g/mol. The van der Waals surface area contributed by atoms with Crippen LogP contribution in [0.15, 0.2) is 30.3 Å². The van der Waals surface area contributed by atoms with Crippen molar-refractivity contribution in [2.24, 2.45) is 7.05 Å². The molecule has 1 amide bonds. The lowest BCUT2D eigenvalue weighted by Gasteiger charge is -2.35. The van der Waals surface area contributed by atoms with Gasteiger partial charge >= 0.3 is 6.18 Å². The maximum atomic E-state index is 13.3. The Kier molecular flexibility index (Phi) is 5.47. The highest BCUT2D eigenvalue weighted by molar-refractivity contribution is 6.06. The molecular formula is C22H24F3N5O. The number of benzene rings is 1. The largest absolute Gasteiger partial charge is 0.416 e. The summed E-state index contributed by atoms with van der Waals surface area (Å²) in [6.07, 6.45) is -4.33. The molecule has 2 aromatic heterocycles. The summed E-state index contributed by atoms with van der Waals surface area (Å²) in [6, 6.07) is 7.07. The molecule has 9 heteroatoms. The Morgan fingerprint density at radius 2 is 1.71 bits per heavy atom. The van der Waals surface area contributed by atoms with Gasteiger partial charge in [0.05, 0.1) is 22.2 Å². The first kappa shape index (κ1) is 21.3. The maximum absolute atomic E-state index is 13.3. The number of fused-ring (bicyclic) bond motifs is 1. The topological polar surface area (TPSA) is 54.3 Å². The molecule has 0 atom stereocenters. The summed E-state index contributed by atoms with van der Waals surface area (Å²) >= 11 is 0. The van der Waals surface area contributed by atoms with Crippen molar-refractivity contribution in [3.63, 3.8) is 0 Å². The van der Waals surface area contributed by atoms with Gasteiger partial charge in [-0.15, -0.1) is 0 Å². The van der Waals surface area contributed by atoms with Crippen LogP contribution in [0.2, 0.25) is 0 Å². The summed E-state index contributed by atoms with van der Waals surface area (Å²) in [6.45, 7) is 6.72. The van der Waals surface area contributed by atoms with Gasteiger partial charge < -0.3 is 4.90 Å². The minimum Gasteiger partial charge on any atom is -0.336 e. The van der Waals surface area contributed by atoms with Gasteiger partial charge in [-0.1, -0.05) is 12.1 Å². The number of halogens is 3. The van der Waals surface area contributed by atoms with Gasteiger partial charge in [0.2, 0.25) is 0 Å². The number of hydrogen-bond donors (Lipinski definition) is 0. The Hall–Kier alpha value is -2.94. The van der Waals surface area contributed by atoms with Crippen molar-refractivity contribution in [1.29, 1.82) is 0 Å². The molecule has 3 heterocycles. The van der Waals surface area contributed by atoms with Crippen LogP contribution in [0.25, 0.3) is 11.0 Å². The number of carbonyl (C=O) groups is 1. The van der Waals surface area contributed by atoms with E-state index in [1.807, 2.05) is 31.9 Å². The third-order valence-corrected chi connectivity index (χ3v) is 5.67. The number of pyridine rings is 1. The zero-order chi connectivity index (χ0) is 22.3. The van der Waals surface area contributed by atoms with Gasteiger partial charge in [0.1, 0.15) is 0 Å². The van der Waals surface area contributed by atoms with Crippen LogP contribution in [-0.4, -0.2) is 56.7 Å². The summed E-state index contributed by atoms with van der Waals surface area (Å²) in [5.74, 6) is -0.0409. The molecule has 164 valence electrons. The second-order valence-electron chi connectivity index (χ2n) is 7.98. The van der Waals surface area contributed by atoms with Crippen molar-refractivity contribution in [3.8, 4) is 0 Å². The number of alkyl halides is 3. The van der Waals surface area contributed by atoms with Gasteiger partial charge in [0.25, 0.3) is 5.91 Å². The monoisotopic (exact) mass is 431 g/mol. The second kappa shape index (κ2) is 7.96. The Morgan fingerprint density at radius 1 is 1.06 bits per heavy atom. The van der Waals surface area contributed by atoms with Crippen molar-refractivity contribution in [2.45, 2.75) is 26.6 Å². The van der Waals surface area contributed by atoms with Crippen molar-refractivity contribution in [1.82, 2.24) is 24.6 Å². The molecule has 0 saturated carbocycles. The third kappa shape index (κ3) is 4.27. The molecule has 1 aliphatic rings. The first-order valence-electron chi connectivity index (χ1n) is 10.1. The van der Waals surface area contributed by atoms with E-state index >= 15 is 0 Å². The lowest BCUT2D eigenvalue weighted by Crippen LogP contribution is -2.48. The standard InChI is InChI=1S/C22H24F3N5O/c1-14-12-18(19-15(2)27-28(3)20(19)26-14)21(31)30-10-8-29(9-11-30)13-16-4-6-17(7-5-16)22(23,24)25/h4-7,12H,8-11,13H2,1-3H3. The van der Waals surface area contributed by atoms with Gasteiger partial charge in [0.15, 0.2) is 5.65 Å². The van der Waals surface area contributed by atoms with E-state index in [1.54, 1.807) is 4.68 Å². The van der Waals surface area contributed by atoms with Gasteiger partial charge in [0, 0.05) is 45.5 Å². The first-order valence-corrected chi connectivity index (χ1v) is 10.1. The summed E-state index contributed by atoms with van der Waals surface area (Å²) < 4.78 is 39.9. The number of carbonyl (C=O) groups excluding carboxylic acids is 1. The quantitative estimate of drug-likeness (QED) is 0.636. The molecule has 1 aromatic carbocycles. The van der Waals surface area contributed by atoms with Crippen molar-refractivity contribution < 1.29 is 18.0 Å². The van der Waals surface area contributed by atoms with Crippen LogP contribution in [0.1, 0.15) is 32.9 Å². The van der Waals surface area contributed by atoms with Crippen LogP contribution in [-0.2, 0) is 19.8 Å². The Labute approximate surface area is 178 Å². The summed E-state index contributed by atoms with van der Waals surface area (Å²) in [7, 11) is 1.82. The molecule has 0 bridgehead atoms. The minimum absolute atomic E-state index is 0.0409. The molecule has 6 nitrogen and oxygen atoms in total. The van der Waals surface area contributed by atoms with E-state index in [0.717, 1.165) is 34.5 Å². The zero-order valence-corrected chi connectivity index (χ0v) is 17.7. The number of piperazine rings is 1. The van der Waals surface area contributed by atoms with E-state index < -0.39 is 11.7 Å². The minimum atomic E-state index is -4.33. The van der Waals surface area contributed by atoms with Crippen LogP contribution in [0.3, 0.4) is 0 Å². The molecule has 0 spiro atoms. The lowest BCUT2D eigenvalue weighted by molar-refractivity contribution is -0.137. The molecule has 0 radical (unpaired) electrons. The normalized spacial score (nSPS) is 15.6. The van der Waals surface area contributed by atoms with Crippen molar-refractivity contribution in [2.75, 3.05) is 26.2 Å². The number of amides is 1. The predicted molar refractivity (Wildman–Crippen MR) is 111 cm³/mol. The number of aryl methyl sites for hydroxylation is 3. The van der Waals surface area contributed by atoms with Crippen LogP contribution < -0.4 is 0 Å². The van der Waals surface area contributed by atoms with Crippen LogP contribution in [0.4, 0.5) is 13.2 Å². The van der Waals surface area contributed by atoms with Crippen LogP contribution in [0, 0.1) is 13.8 Å². The number of nitrogens with zero attached hydrogens (tertiary/aromatic N) is 5. The van der Waals surface area contributed by atoms with E-state index in [9.17, 15) is 18.0 Å². The number of rotatable bonds is 3. The summed E-state index contributed by atoms with van der Waals surface area (Å²) in [4.78, 5) is 21.7. The van der Waals surface area contributed by atoms with Gasteiger partial charge in [-0.2, -0.15) is 18.3 Å². The Bertz CT molecular complexity index is 1110. The third-order valence-electron chi connectivity index (χ3n) is 5.67. The first-order chi connectivity index (χ1) is 14.6. The van der Waals surface area contributed by atoms with Crippen LogP contribution in [0.5, 0.6) is 0 Å². The van der Waals surface area contributed by atoms with E-state index in [-0.39, 0.29) is 5.91 Å². The molecule has 1 aliphatic heterocycles. The second-order valence-corrected chi connectivity index (χ2v) is 7.98. The Morgan fingerprint density at radius 3 is 2.32 bits per heavy atom. The fourth-order valence-corrected chi connectivity index (χ4v) is 4.08. The van der Waals surface area contributed by atoms with E-state index in [0.29, 0.717) is 43.9 Å². The van der Waals surface area contributed by atoms with E-state index in [1.165, 1.54) is 12.1 Å². The molecule has 0 unspecified atom stereocenters. The fourth-order valence-electron chi connectivity index (χ4n) is 4.08. The highest BCUT2D eigenvalue weighted by Gasteiger charge is 2.30. The average molecular weight is 431 g/mol. The molecule has 1 saturated heterocycles. The predicted octanol–water partition coefficient (Wildman–Crippen LogP) is 3.56. The highest BCUT2D eigenvalue weighted by Crippen LogP contribution is 2.29. The number of hydrogen-bond acceptors (Lipinski definition) is 4. The van der Waals surface area contributed by atoms with E-state index in [2.05, 4.69) is 15.0 Å². The van der Waals surface area contributed by atoms with Crippen LogP contribution >= 0.6 is 0 Å². The highest BCUT2D eigenvalue weighted by atomic mass is 19.4. The van der Waals surface area contributed by atoms with Crippen molar-refractivity contribution >= 4 is 16.9 Å². The molecule has 4 rings (SSSR count). The zero-order valence-electron chi connectivity index (χ0n) is 17.7. The SMILES string of the molecule is Cc1cc(C(=O)N2CCN(Cc3ccc(C(F)(F)F)cc3)CC2)c2c(C)nn(C)c2n1. The smallest absolute Gasteiger partial charge is 0.336 e. The molecule has 1 fully saturated rings. The maximum Gasteiger partial charge on any atom is 0.416 e. The van der Waals surface area contributed by atoms with Gasteiger partial charge in [-0.05, 0) is 37.6 Å². The van der Waals surface area contributed by atoms with E-state index in [4.69, 9.17) is 0 Å². The molecule has 0 aliphatic carbocycles. The molecule has 0 N–H and O–H groups in total. The lowest BCUT2D eigenvalue weighted by atomic mass is 10.1. The average Bonchev–Trinajstić information content (AvgIpc) is 3.00. The van der Waals surface area contributed by atoms with Gasteiger partial charge in [-0.3, -0.25) is 14.4 Å². The molecule has 3 aromatic rings. The molecule has 31 heavy (non-hydrogen) atoms. The number of aromatic nitrogens is 3. The summed E-state index contributed by atoms with van der Waals surface area (Å²) in [5.41, 5.74) is 3.03.